The number of hydrogen-bond acceptors (Lipinski definition) is 5. The number of benzene rings is 1. The fraction of sp³-hybridized carbons (Fsp3) is 0.533. The van der Waals surface area contributed by atoms with Crippen LogP contribution in [0, 0.1) is 5.92 Å². The topological polar surface area (TPSA) is 104 Å². The molecule has 2 unspecified atom stereocenters. The Hall–Kier alpha value is -1.48. The van der Waals surface area contributed by atoms with Crippen LogP contribution in [-0.4, -0.2) is 46.2 Å². The van der Waals surface area contributed by atoms with Gasteiger partial charge in [-0.1, -0.05) is 12.1 Å². The van der Waals surface area contributed by atoms with Crippen molar-refractivity contribution in [3.8, 4) is 0 Å². The molecule has 2 saturated carbocycles. The number of rotatable bonds is 3. The molecule has 0 radical (unpaired) electrons. The summed E-state index contributed by atoms with van der Waals surface area (Å²) in [6.45, 7) is 0. The van der Waals surface area contributed by atoms with Crippen LogP contribution in [0.4, 0.5) is 0 Å². The highest BCUT2D eigenvalue weighted by molar-refractivity contribution is 7.89. The lowest BCUT2D eigenvalue weighted by atomic mass is 9.90. The number of aliphatic hydroxyl groups excluding tert-OH is 2. The maximum absolute atomic E-state index is 13.0. The zero-order valence-corrected chi connectivity index (χ0v) is 13.5. The van der Waals surface area contributed by atoms with Gasteiger partial charge in [-0.3, -0.25) is 4.68 Å². The molecule has 4 rings (SSSR count). The molecular weight excluding hydrogens is 318 g/mol. The molecule has 1 heterocycles. The molecule has 4 atom stereocenters. The van der Waals surface area contributed by atoms with Crippen LogP contribution >= 0.6 is 0 Å². The number of aromatic nitrogens is 2. The summed E-state index contributed by atoms with van der Waals surface area (Å²) < 4.78 is 29.9. The molecule has 2 aromatic rings. The van der Waals surface area contributed by atoms with E-state index in [4.69, 9.17) is 0 Å². The number of fused-ring (bicyclic) bond motifs is 3. The van der Waals surface area contributed by atoms with E-state index in [0.29, 0.717) is 30.2 Å². The molecule has 0 amide bonds. The Bertz CT molecular complexity index is 878. The highest BCUT2D eigenvalue weighted by Gasteiger charge is 2.58. The zero-order chi connectivity index (χ0) is 16.4. The largest absolute Gasteiger partial charge is 0.390 e. The predicted octanol–water partition coefficient (Wildman–Crippen LogP) is 0.126. The molecule has 7 nitrogen and oxygen atoms in total. The molecule has 2 aliphatic carbocycles. The van der Waals surface area contributed by atoms with Gasteiger partial charge in [0.1, 0.15) is 0 Å². The van der Waals surface area contributed by atoms with E-state index < -0.39 is 27.8 Å². The van der Waals surface area contributed by atoms with Crippen molar-refractivity contribution in [2.75, 3.05) is 0 Å². The van der Waals surface area contributed by atoms with Crippen molar-refractivity contribution in [3.63, 3.8) is 0 Å². The molecule has 1 aromatic carbocycles. The van der Waals surface area contributed by atoms with Gasteiger partial charge in [0, 0.05) is 12.4 Å². The van der Waals surface area contributed by atoms with Crippen molar-refractivity contribution in [1.82, 2.24) is 14.5 Å². The Morgan fingerprint density at radius 1 is 1.35 bits per heavy atom. The maximum Gasteiger partial charge on any atom is 0.258 e. The quantitative estimate of drug-likeness (QED) is 0.738. The van der Waals surface area contributed by atoms with Crippen molar-refractivity contribution >= 4 is 20.9 Å². The van der Waals surface area contributed by atoms with Gasteiger partial charge in [0.25, 0.3) is 10.0 Å². The molecule has 2 aliphatic rings. The van der Waals surface area contributed by atoms with E-state index in [9.17, 15) is 18.6 Å². The smallest absolute Gasteiger partial charge is 0.258 e. The highest BCUT2D eigenvalue weighted by Crippen LogP contribution is 2.48. The second-order valence-corrected chi connectivity index (χ2v) is 8.24. The third-order valence-corrected chi connectivity index (χ3v) is 6.91. The van der Waals surface area contributed by atoms with Gasteiger partial charge in [-0.05, 0) is 37.3 Å². The van der Waals surface area contributed by atoms with Gasteiger partial charge in [0.05, 0.1) is 23.3 Å². The first-order valence-corrected chi connectivity index (χ1v) is 9.14. The summed E-state index contributed by atoms with van der Waals surface area (Å²) in [7, 11) is -2.29. The lowest BCUT2D eigenvalue weighted by Gasteiger charge is -2.34. The molecule has 124 valence electrons. The molecule has 0 saturated heterocycles. The summed E-state index contributed by atoms with van der Waals surface area (Å²) >= 11 is 0. The number of aliphatic hydroxyl groups is 2. The first-order valence-electron chi connectivity index (χ1n) is 7.66. The van der Waals surface area contributed by atoms with E-state index in [-0.39, 0.29) is 10.9 Å². The van der Waals surface area contributed by atoms with Gasteiger partial charge in [0.15, 0.2) is 5.03 Å². The number of nitrogens with zero attached hydrogens (tertiary/aromatic N) is 2. The van der Waals surface area contributed by atoms with E-state index in [1.807, 2.05) is 0 Å². The Balaban J connectivity index is 1.78. The third-order valence-electron chi connectivity index (χ3n) is 5.24. The normalized spacial score (nSPS) is 33.6. The van der Waals surface area contributed by atoms with Crippen molar-refractivity contribution in [1.29, 1.82) is 0 Å². The Labute approximate surface area is 134 Å². The van der Waals surface area contributed by atoms with E-state index >= 15 is 0 Å². The molecule has 2 bridgehead atoms. The molecule has 0 aliphatic heterocycles. The Kier molecular flexibility index (Phi) is 3.12. The van der Waals surface area contributed by atoms with Crippen LogP contribution < -0.4 is 4.72 Å². The minimum absolute atomic E-state index is 0.0454. The van der Waals surface area contributed by atoms with Crippen molar-refractivity contribution in [3.05, 3.63) is 24.3 Å². The first kappa shape index (κ1) is 15.1. The van der Waals surface area contributed by atoms with Gasteiger partial charge < -0.3 is 10.2 Å². The van der Waals surface area contributed by atoms with Crippen LogP contribution in [-0.2, 0) is 17.1 Å². The average Bonchev–Trinajstić information content (AvgIpc) is 3.11. The molecule has 1 aromatic heterocycles. The molecule has 8 heteroatoms. The second kappa shape index (κ2) is 4.76. The number of hydrogen-bond donors (Lipinski definition) is 3. The van der Waals surface area contributed by atoms with Gasteiger partial charge in [-0.15, -0.1) is 0 Å². The number of nitrogens with one attached hydrogen (secondary N) is 1. The van der Waals surface area contributed by atoms with E-state index in [0.717, 1.165) is 0 Å². The Morgan fingerprint density at radius 2 is 2.09 bits per heavy atom. The average molecular weight is 337 g/mol. The van der Waals surface area contributed by atoms with Crippen molar-refractivity contribution in [2.45, 2.75) is 42.0 Å². The van der Waals surface area contributed by atoms with Gasteiger partial charge in [0.2, 0.25) is 0 Å². The molecule has 23 heavy (non-hydrogen) atoms. The minimum Gasteiger partial charge on any atom is -0.390 e. The van der Waals surface area contributed by atoms with Gasteiger partial charge >= 0.3 is 0 Å². The summed E-state index contributed by atoms with van der Waals surface area (Å²) in [5, 5.41) is 25.1. The summed E-state index contributed by atoms with van der Waals surface area (Å²) in [6, 6.07) is 7.04. The second-order valence-electron chi connectivity index (χ2n) is 6.65. The van der Waals surface area contributed by atoms with Crippen LogP contribution in [0.25, 0.3) is 10.9 Å². The Morgan fingerprint density at radius 3 is 2.78 bits per heavy atom. The summed E-state index contributed by atoms with van der Waals surface area (Å²) in [5.74, 6) is -0.0454. The van der Waals surface area contributed by atoms with Gasteiger partial charge in [-0.2, -0.15) is 5.10 Å². The summed E-state index contributed by atoms with van der Waals surface area (Å²) in [6.07, 6.45) is -0.229. The third kappa shape index (κ3) is 2.06. The number of sulfonamides is 1. The van der Waals surface area contributed by atoms with Crippen LogP contribution in [0.5, 0.6) is 0 Å². The highest BCUT2D eigenvalue weighted by atomic mass is 32.2. The van der Waals surface area contributed by atoms with Crippen LogP contribution in [0.1, 0.15) is 19.3 Å². The van der Waals surface area contributed by atoms with Crippen molar-refractivity contribution < 1.29 is 18.6 Å². The standard InChI is InChI=1S/C15H19N3O4S/c1-18-14(10-4-2-3-5-11(10)16-18)23(21,22)17-15-7-6-9(8-15)12(19)13(15)20/h2-5,9,12-13,17,19-20H,6-8H2,1H3/t9?,12-,13-,15?/m0/s1. The zero-order valence-electron chi connectivity index (χ0n) is 12.7. The molecule has 0 spiro atoms. The minimum atomic E-state index is -3.88. The van der Waals surface area contributed by atoms with E-state index in [1.54, 1.807) is 31.3 Å². The van der Waals surface area contributed by atoms with Crippen LogP contribution in [0.2, 0.25) is 0 Å². The SMILES string of the molecule is Cn1nc2ccccc2c1S(=O)(=O)NC12CCC(C1)[C@H](O)[C@@H]2O. The van der Waals surface area contributed by atoms with E-state index in [2.05, 4.69) is 9.82 Å². The first-order chi connectivity index (χ1) is 10.8. The van der Waals surface area contributed by atoms with Crippen LogP contribution in [0.15, 0.2) is 29.3 Å². The lowest BCUT2D eigenvalue weighted by Crippen LogP contribution is -2.56. The van der Waals surface area contributed by atoms with Gasteiger partial charge in [-0.25, -0.2) is 13.1 Å². The van der Waals surface area contributed by atoms with Crippen LogP contribution in [0.3, 0.4) is 0 Å². The fourth-order valence-electron chi connectivity index (χ4n) is 4.17. The maximum atomic E-state index is 13.0. The van der Waals surface area contributed by atoms with E-state index in [1.165, 1.54) is 4.68 Å². The molecule has 3 N–H and O–H groups in total. The van der Waals surface area contributed by atoms with Crippen molar-refractivity contribution in [2.24, 2.45) is 13.0 Å². The summed E-state index contributed by atoms with van der Waals surface area (Å²) in [5.41, 5.74) is -0.377. The molecular formula is C15H19N3O4S. The summed E-state index contributed by atoms with van der Waals surface area (Å²) in [4.78, 5) is 0. The predicted molar refractivity (Wildman–Crippen MR) is 83.1 cm³/mol. The fourth-order valence-corrected chi connectivity index (χ4v) is 5.96. The monoisotopic (exact) mass is 337 g/mol. The number of aryl methyl sites for hydroxylation is 1. The molecule has 2 fully saturated rings. The lowest BCUT2D eigenvalue weighted by molar-refractivity contribution is -0.0283.